The van der Waals surface area contributed by atoms with Gasteiger partial charge in [0.2, 0.25) is 0 Å². The first-order valence-corrected chi connectivity index (χ1v) is 9.47. The number of ether oxygens (including phenoxy) is 1. The highest BCUT2D eigenvalue weighted by atomic mass is 16.5. The molecular formula is C21H32O4. The maximum Gasteiger partial charge on any atom is 0.338 e. The summed E-state index contributed by atoms with van der Waals surface area (Å²) in [6.07, 6.45) is 6.06. The molecule has 140 valence electrons. The Bertz CT molecular complexity index is 553. The average Bonchev–Trinajstić information content (AvgIpc) is 2.61. The fourth-order valence-corrected chi connectivity index (χ4v) is 3.00. The summed E-state index contributed by atoms with van der Waals surface area (Å²) in [5.41, 5.74) is 0.408. The molecule has 0 spiro atoms. The second kappa shape index (κ2) is 10.9. The Labute approximate surface area is 151 Å². The molecule has 0 fully saturated rings. The Hall–Kier alpha value is -1.84. The molecule has 4 nitrogen and oxygen atoms in total. The first kappa shape index (κ1) is 21.2. The van der Waals surface area contributed by atoms with Gasteiger partial charge in [-0.2, -0.15) is 0 Å². The van der Waals surface area contributed by atoms with Crippen molar-refractivity contribution in [3.63, 3.8) is 0 Å². The fourth-order valence-electron chi connectivity index (χ4n) is 3.00. The number of benzene rings is 1. The zero-order valence-corrected chi connectivity index (χ0v) is 16.0. The predicted molar refractivity (Wildman–Crippen MR) is 100.0 cm³/mol. The van der Waals surface area contributed by atoms with E-state index in [9.17, 15) is 9.59 Å². The van der Waals surface area contributed by atoms with E-state index in [0.717, 1.165) is 38.5 Å². The minimum atomic E-state index is -1.04. The molecule has 3 atom stereocenters. The standard InChI is InChI=1S/C21H32O4/c1-5-8-10-16(7-3)19(13-15(4)6-2)25-21(24)18-12-9-11-17(14-18)20(22)23/h9,11-12,14-16,19H,5-8,10,13H2,1-4H3,(H,22,23). The van der Waals surface area contributed by atoms with Crippen molar-refractivity contribution in [1.82, 2.24) is 0 Å². The van der Waals surface area contributed by atoms with E-state index in [1.54, 1.807) is 12.1 Å². The van der Waals surface area contributed by atoms with Crippen molar-refractivity contribution in [1.29, 1.82) is 0 Å². The number of hydrogen-bond donors (Lipinski definition) is 1. The lowest BCUT2D eigenvalue weighted by Crippen LogP contribution is -2.29. The van der Waals surface area contributed by atoms with E-state index in [1.165, 1.54) is 12.1 Å². The Morgan fingerprint density at radius 3 is 2.36 bits per heavy atom. The Kier molecular flexibility index (Phi) is 9.25. The van der Waals surface area contributed by atoms with Gasteiger partial charge in [-0.05, 0) is 49.3 Å². The van der Waals surface area contributed by atoms with Crippen LogP contribution < -0.4 is 0 Å². The molecule has 0 radical (unpaired) electrons. The summed E-state index contributed by atoms with van der Waals surface area (Å²) in [6, 6.07) is 6.06. The molecule has 0 aliphatic carbocycles. The highest BCUT2D eigenvalue weighted by Crippen LogP contribution is 2.27. The quantitative estimate of drug-likeness (QED) is 0.532. The van der Waals surface area contributed by atoms with Gasteiger partial charge in [0.1, 0.15) is 6.10 Å². The molecule has 1 aromatic carbocycles. The molecule has 0 bridgehead atoms. The van der Waals surface area contributed by atoms with Crippen LogP contribution in [0.3, 0.4) is 0 Å². The number of unbranched alkanes of at least 4 members (excludes halogenated alkanes) is 1. The zero-order valence-electron chi connectivity index (χ0n) is 16.0. The summed E-state index contributed by atoms with van der Waals surface area (Å²) < 4.78 is 5.86. The van der Waals surface area contributed by atoms with Gasteiger partial charge in [-0.3, -0.25) is 0 Å². The van der Waals surface area contributed by atoms with Gasteiger partial charge >= 0.3 is 11.9 Å². The number of carbonyl (C=O) groups is 2. The smallest absolute Gasteiger partial charge is 0.338 e. The molecule has 25 heavy (non-hydrogen) atoms. The van der Waals surface area contributed by atoms with Crippen molar-refractivity contribution in [2.24, 2.45) is 11.8 Å². The first-order chi connectivity index (χ1) is 11.9. The van der Waals surface area contributed by atoms with E-state index in [0.29, 0.717) is 17.4 Å². The van der Waals surface area contributed by atoms with Crippen molar-refractivity contribution in [3.8, 4) is 0 Å². The van der Waals surface area contributed by atoms with Crippen molar-refractivity contribution in [2.45, 2.75) is 72.3 Å². The molecule has 1 aromatic rings. The Balaban J connectivity index is 2.92. The number of hydrogen-bond acceptors (Lipinski definition) is 3. The minimum absolute atomic E-state index is 0.103. The van der Waals surface area contributed by atoms with Crippen LogP contribution >= 0.6 is 0 Å². The molecule has 3 unspecified atom stereocenters. The monoisotopic (exact) mass is 348 g/mol. The topological polar surface area (TPSA) is 63.6 Å². The predicted octanol–water partition coefficient (Wildman–Crippen LogP) is 5.56. The van der Waals surface area contributed by atoms with Crippen molar-refractivity contribution >= 4 is 11.9 Å². The highest BCUT2D eigenvalue weighted by molar-refractivity contribution is 5.94. The molecule has 1 N–H and O–H groups in total. The molecule has 0 aliphatic rings. The Morgan fingerprint density at radius 1 is 1.12 bits per heavy atom. The van der Waals surface area contributed by atoms with Gasteiger partial charge in [-0.1, -0.05) is 53.0 Å². The fraction of sp³-hybridized carbons (Fsp3) is 0.619. The zero-order chi connectivity index (χ0) is 18.8. The second-order valence-corrected chi connectivity index (χ2v) is 6.89. The van der Waals surface area contributed by atoms with Crippen LogP contribution in [0.4, 0.5) is 0 Å². The van der Waals surface area contributed by atoms with Crippen LogP contribution in [0.15, 0.2) is 24.3 Å². The summed E-state index contributed by atoms with van der Waals surface area (Å²) in [5, 5.41) is 9.10. The number of carboxylic acids is 1. The summed E-state index contributed by atoms with van der Waals surface area (Å²) in [7, 11) is 0. The largest absolute Gasteiger partial charge is 0.478 e. The van der Waals surface area contributed by atoms with Gasteiger partial charge in [0.15, 0.2) is 0 Å². The van der Waals surface area contributed by atoms with E-state index >= 15 is 0 Å². The van der Waals surface area contributed by atoms with Gasteiger partial charge in [0, 0.05) is 0 Å². The van der Waals surface area contributed by atoms with E-state index in [2.05, 4.69) is 27.7 Å². The highest BCUT2D eigenvalue weighted by Gasteiger charge is 2.26. The lowest BCUT2D eigenvalue weighted by molar-refractivity contribution is 0.00365. The van der Waals surface area contributed by atoms with E-state index in [4.69, 9.17) is 9.84 Å². The van der Waals surface area contributed by atoms with Crippen molar-refractivity contribution in [3.05, 3.63) is 35.4 Å². The first-order valence-electron chi connectivity index (χ1n) is 9.47. The van der Waals surface area contributed by atoms with Crippen LogP contribution in [0.1, 0.15) is 86.9 Å². The molecule has 0 aromatic heterocycles. The van der Waals surface area contributed by atoms with E-state index < -0.39 is 11.9 Å². The van der Waals surface area contributed by atoms with Crippen LogP contribution in [0.25, 0.3) is 0 Å². The van der Waals surface area contributed by atoms with Crippen LogP contribution in [0.5, 0.6) is 0 Å². The third kappa shape index (κ3) is 6.89. The van der Waals surface area contributed by atoms with Crippen LogP contribution in [0, 0.1) is 11.8 Å². The number of carbonyl (C=O) groups excluding carboxylic acids is 1. The average molecular weight is 348 g/mol. The third-order valence-corrected chi connectivity index (χ3v) is 4.91. The number of carboxylic acid groups (broad SMARTS) is 1. The summed E-state index contributed by atoms with van der Waals surface area (Å²) in [4.78, 5) is 23.7. The minimum Gasteiger partial charge on any atom is -0.478 e. The maximum absolute atomic E-state index is 12.6. The van der Waals surface area contributed by atoms with Crippen LogP contribution in [-0.4, -0.2) is 23.1 Å². The summed E-state index contributed by atoms with van der Waals surface area (Å²) in [5.74, 6) is -0.633. The van der Waals surface area contributed by atoms with Gasteiger partial charge in [-0.25, -0.2) is 9.59 Å². The van der Waals surface area contributed by atoms with Crippen molar-refractivity contribution < 1.29 is 19.4 Å². The number of rotatable bonds is 11. The number of esters is 1. The van der Waals surface area contributed by atoms with Gasteiger partial charge in [0.05, 0.1) is 11.1 Å². The van der Waals surface area contributed by atoms with Gasteiger partial charge in [-0.15, -0.1) is 0 Å². The van der Waals surface area contributed by atoms with E-state index in [1.807, 2.05) is 0 Å². The molecule has 0 saturated carbocycles. The summed E-state index contributed by atoms with van der Waals surface area (Å²) >= 11 is 0. The second-order valence-electron chi connectivity index (χ2n) is 6.89. The Morgan fingerprint density at radius 2 is 1.80 bits per heavy atom. The summed E-state index contributed by atoms with van der Waals surface area (Å²) in [6.45, 7) is 8.63. The van der Waals surface area contributed by atoms with E-state index in [-0.39, 0.29) is 11.7 Å². The maximum atomic E-state index is 12.6. The SMILES string of the molecule is CCCCC(CC)C(CC(C)CC)OC(=O)c1cccc(C(=O)O)c1. The molecule has 0 amide bonds. The lowest BCUT2D eigenvalue weighted by Gasteiger charge is -2.28. The molecule has 0 heterocycles. The van der Waals surface area contributed by atoms with Crippen LogP contribution in [-0.2, 0) is 4.74 Å². The van der Waals surface area contributed by atoms with Crippen LogP contribution in [0.2, 0.25) is 0 Å². The molecule has 0 aliphatic heterocycles. The van der Waals surface area contributed by atoms with Crippen molar-refractivity contribution in [2.75, 3.05) is 0 Å². The normalized spacial score (nSPS) is 14.6. The lowest BCUT2D eigenvalue weighted by atomic mass is 9.87. The van der Waals surface area contributed by atoms with Gasteiger partial charge in [0.25, 0.3) is 0 Å². The van der Waals surface area contributed by atoms with Gasteiger partial charge < -0.3 is 9.84 Å². The molecule has 0 saturated heterocycles. The number of aromatic carboxylic acids is 1. The third-order valence-electron chi connectivity index (χ3n) is 4.91. The molecule has 4 heteroatoms. The molecule has 1 rings (SSSR count). The molecular weight excluding hydrogens is 316 g/mol.